The molecule has 1 N–H and O–H groups in total. The highest BCUT2D eigenvalue weighted by molar-refractivity contribution is 5.77. The van der Waals surface area contributed by atoms with Crippen molar-refractivity contribution in [1.82, 2.24) is 10.2 Å². The van der Waals surface area contributed by atoms with Crippen LogP contribution in [0.2, 0.25) is 0 Å². The van der Waals surface area contributed by atoms with Gasteiger partial charge >= 0.3 is 0 Å². The van der Waals surface area contributed by atoms with E-state index in [9.17, 15) is 4.79 Å². The van der Waals surface area contributed by atoms with Gasteiger partial charge in [0.2, 0.25) is 5.91 Å². The van der Waals surface area contributed by atoms with Gasteiger partial charge in [0.05, 0.1) is 0 Å². The first-order valence-corrected chi connectivity index (χ1v) is 8.17. The van der Waals surface area contributed by atoms with E-state index >= 15 is 0 Å². The first kappa shape index (κ1) is 14.8. The minimum absolute atomic E-state index is 0.418. The molecule has 1 aliphatic heterocycles. The lowest BCUT2D eigenvalue weighted by Gasteiger charge is -2.30. The van der Waals surface area contributed by atoms with Crippen LogP contribution >= 0.6 is 0 Å². The van der Waals surface area contributed by atoms with Crippen molar-refractivity contribution in [2.45, 2.75) is 64.8 Å². The van der Waals surface area contributed by atoms with Gasteiger partial charge in [-0.05, 0) is 50.6 Å². The summed E-state index contributed by atoms with van der Waals surface area (Å²) < 4.78 is 0. The van der Waals surface area contributed by atoms with Crippen LogP contribution in [0.5, 0.6) is 0 Å². The molecule has 0 spiro atoms. The Hall–Kier alpha value is -0.570. The number of rotatable bonds is 6. The van der Waals surface area contributed by atoms with E-state index in [1.165, 1.54) is 32.1 Å². The molecule has 0 aromatic carbocycles. The molecule has 0 bridgehead atoms. The molecule has 3 nitrogen and oxygen atoms in total. The van der Waals surface area contributed by atoms with Crippen LogP contribution in [-0.2, 0) is 4.79 Å². The van der Waals surface area contributed by atoms with Crippen molar-refractivity contribution in [2.75, 3.05) is 19.6 Å². The van der Waals surface area contributed by atoms with Crippen molar-refractivity contribution in [2.24, 2.45) is 11.8 Å². The second kappa shape index (κ2) is 7.28. The van der Waals surface area contributed by atoms with Crippen molar-refractivity contribution >= 4 is 5.91 Å². The number of nitrogens with zero attached hydrogens (tertiary/aromatic N) is 1. The molecule has 1 unspecified atom stereocenters. The molecule has 1 aliphatic carbocycles. The topological polar surface area (TPSA) is 32.3 Å². The number of hydrogen-bond acceptors (Lipinski definition) is 2. The third-order valence-electron chi connectivity index (χ3n) is 4.66. The molecule has 2 aliphatic rings. The molecular weight excluding hydrogens is 236 g/mol. The molecule has 3 heteroatoms. The fourth-order valence-corrected chi connectivity index (χ4v) is 3.38. The first-order chi connectivity index (χ1) is 9.16. The average Bonchev–Trinajstić information content (AvgIpc) is 3.01. The van der Waals surface area contributed by atoms with Crippen molar-refractivity contribution in [3.8, 4) is 0 Å². The lowest BCUT2D eigenvalue weighted by molar-refractivity contribution is -0.134. The quantitative estimate of drug-likeness (QED) is 0.802. The molecule has 0 aromatic heterocycles. The number of hydrogen-bond donors (Lipinski definition) is 1. The molecule has 2 fully saturated rings. The van der Waals surface area contributed by atoms with E-state index in [1.54, 1.807) is 0 Å². The highest BCUT2D eigenvalue weighted by Crippen LogP contribution is 2.26. The third-order valence-corrected chi connectivity index (χ3v) is 4.66. The normalized spacial score (nSPS) is 24.3. The summed E-state index contributed by atoms with van der Waals surface area (Å²) in [5.41, 5.74) is 0. The molecular formula is C16H30N2O. The first-order valence-electron chi connectivity index (χ1n) is 8.17. The van der Waals surface area contributed by atoms with Crippen molar-refractivity contribution < 1.29 is 4.79 Å². The van der Waals surface area contributed by atoms with Crippen LogP contribution in [-0.4, -0.2) is 36.5 Å². The summed E-state index contributed by atoms with van der Waals surface area (Å²) in [6, 6.07) is 0.542. The van der Waals surface area contributed by atoms with Crippen LogP contribution < -0.4 is 5.32 Å². The third kappa shape index (κ3) is 4.48. The van der Waals surface area contributed by atoms with Crippen LogP contribution in [0.15, 0.2) is 0 Å². The zero-order valence-electron chi connectivity index (χ0n) is 12.7. The smallest absolute Gasteiger partial charge is 0.223 e. The highest BCUT2D eigenvalue weighted by atomic mass is 16.2. The summed E-state index contributed by atoms with van der Waals surface area (Å²) in [6.45, 7) is 7.60. The van der Waals surface area contributed by atoms with Crippen LogP contribution in [0, 0.1) is 11.8 Å². The van der Waals surface area contributed by atoms with Crippen LogP contribution in [0.1, 0.15) is 58.8 Å². The highest BCUT2D eigenvalue weighted by Gasteiger charge is 2.28. The van der Waals surface area contributed by atoms with Gasteiger partial charge in [-0.25, -0.2) is 0 Å². The van der Waals surface area contributed by atoms with Crippen LogP contribution in [0.25, 0.3) is 0 Å². The number of nitrogens with one attached hydrogen (secondary N) is 1. The van der Waals surface area contributed by atoms with E-state index in [2.05, 4.69) is 24.1 Å². The molecule has 2 rings (SSSR count). The largest absolute Gasteiger partial charge is 0.340 e. The SMILES string of the molecule is CC(C)CCN(C(=O)CC1CCNC1)C1CCCC1. The molecule has 0 aromatic rings. The summed E-state index contributed by atoms with van der Waals surface area (Å²) in [5.74, 6) is 1.68. The number of carbonyl (C=O) groups excluding carboxylic acids is 1. The Kier molecular flexibility index (Phi) is 5.68. The number of amides is 1. The van der Waals surface area contributed by atoms with E-state index in [1.807, 2.05) is 0 Å². The maximum Gasteiger partial charge on any atom is 0.223 e. The van der Waals surface area contributed by atoms with Gasteiger partial charge in [0, 0.05) is 19.0 Å². The maximum absolute atomic E-state index is 12.6. The molecule has 0 radical (unpaired) electrons. The summed E-state index contributed by atoms with van der Waals surface area (Å²) in [4.78, 5) is 14.8. The Balaban J connectivity index is 1.88. The monoisotopic (exact) mass is 266 g/mol. The van der Waals surface area contributed by atoms with E-state index in [0.717, 1.165) is 32.5 Å². The predicted octanol–water partition coefficient (Wildman–Crippen LogP) is 2.80. The van der Waals surface area contributed by atoms with E-state index < -0.39 is 0 Å². The van der Waals surface area contributed by atoms with Gasteiger partial charge in [-0.2, -0.15) is 0 Å². The minimum atomic E-state index is 0.418. The minimum Gasteiger partial charge on any atom is -0.340 e. The Morgan fingerprint density at radius 2 is 2.00 bits per heavy atom. The summed E-state index contributed by atoms with van der Waals surface area (Å²) in [5, 5.41) is 3.37. The van der Waals surface area contributed by atoms with Gasteiger partial charge in [0.25, 0.3) is 0 Å². The van der Waals surface area contributed by atoms with Crippen molar-refractivity contribution in [3.05, 3.63) is 0 Å². The lowest BCUT2D eigenvalue weighted by atomic mass is 10.0. The molecule has 1 saturated heterocycles. The van der Waals surface area contributed by atoms with Gasteiger partial charge < -0.3 is 10.2 Å². The molecule has 1 amide bonds. The van der Waals surface area contributed by atoms with E-state index in [-0.39, 0.29) is 0 Å². The van der Waals surface area contributed by atoms with Crippen LogP contribution in [0.3, 0.4) is 0 Å². The van der Waals surface area contributed by atoms with Gasteiger partial charge in [-0.15, -0.1) is 0 Å². The second-order valence-corrected chi connectivity index (χ2v) is 6.77. The second-order valence-electron chi connectivity index (χ2n) is 6.77. The zero-order valence-corrected chi connectivity index (χ0v) is 12.7. The Morgan fingerprint density at radius 3 is 2.58 bits per heavy atom. The zero-order chi connectivity index (χ0) is 13.7. The molecule has 1 atom stereocenters. The lowest BCUT2D eigenvalue weighted by Crippen LogP contribution is -2.40. The average molecular weight is 266 g/mol. The van der Waals surface area contributed by atoms with E-state index in [4.69, 9.17) is 0 Å². The van der Waals surface area contributed by atoms with Crippen molar-refractivity contribution in [3.63, 3.8) is 0 Å². The summed E-state index contributed by atoms with van der Waals surface area (Å²) >= 11 is 0. The van der Waals surface area contributed by atoms with Gasteiger partial charge in [0.15, 0.2) is 0 Å². The Bertz CT molecular complexity index is 278. The molecule has 110 valence electrons. The van der Waals surface area contributed by atoms with Crippen LogP contribution in [0.4, 0.5) is 0 Å². The van der Waals surface area contributed by atoms with Gasteiger partial charge in [0.1, 0.15) is 0 Å². The van der Waals surface area contributed by atoms with E-state index in [0.29, 0.717) is 23.8 Å². The fourth-order valence-electron chi connectivity index (χ4n) is 3.38. The molecule has 19 heavy (non-hydrogen) atoms. The maximum atomic E-state index is 12.6. The van der Waals surface area contributed by atoms with Gasteiger partial charge in [-0.1, -0.05) is 26.7 Å². The summed E-state index contributed by atoms with van der Waals surface area (Å²) in [6.07, 6.45) is 8.16. The van der Waals surface area contributed by atoms with Gasteiger partial charge in [-0.3, -0.25) is 4.79 Å². The Morgan fingerprint density at radius 1 is 1.26 bits per heavy atom. The molecule has 1 saturated carbocycles. The summed E-state index contributed by atoms with van der Waals surface area (Å²) in [7, 11) is 0. The molecule has 1 heterocycles. The number of carbonyl (C=O) groups is 1. The fraction of sp³-hybridized carbons (Fsp3) is 0.938. The van der Waals surface area contributed by atoms with Crippen molar-refractivity contribution in [1.29, 1.82) is 0 Å². The standard InChI is InChI=1S/C16H30N2O/c1-13(2)8-10-18(15-5-3-4-6-15)16(19)11-14-7-9-17-12-14/h13-15,17H,3-12H2,1-2H3. The Labute approximate surface area is 118 Å². The predicted molar refractivity (Wildman–Crippen MR) is 79.0 cm³/mol.